The summed E-state index contributed by atoms with van der Waals surface area (Å²) in [5, 5.41) is 12.1. The number of likely N-dealkylation sites (tertiary alicyclic amines) is 1. The lowest BCUT2D eigenvalue weighted by atomic mass is 10.0. The molecular weight excluding hydrogens is 394 g/mol. The van der Waals surface area contributed by atoms with Crippen molar-refractivity contribution in [3.05, 3.63) is 41.9 Å². The quantitative estimate of drug-likeness (QED) is 0.589. The lowest BCUT2D eigenvalue weighted by Crippen LogP contribution is -2.36. The molecule has 3 N–H and O–H groups in total. The van der Waals surface area contributed by atoms with Crippen molar-refractivity contribution in [1.82, 2.24) is 25.7 Å². The Morgan fingerprint density at radius 2 is 2.19 bits per heavy atom. The maximum absolute atomic E-state index is 8.84. The van der Waals surface area contributed by atoms with Gasteiger partial charge in [0, 0.05) is 24.1 Å². The van der Waals surface area contributed by atoms with Crippen LogP contribution in [-0.2, 0) is 0 Å². The summed E-state index contributed by atoms with van der Waals surface area (Å²) in [7, 11) is 1.68. The van der Waals surface area contributed by atoms with Gasteiger partial charge in [-0.2, -0.15) is 5.26 Å². The predicted molar refractivity (Wildman–Crippen MR) is 117 cm³/mol. The molecule has 2 aromatic rings. The maximum atomic E-state index is 8.84. The third-order valence-corrected chi connectivity index (χ3v) is 5.92. The zero-order valence-corrected chi connectivity index (χ0v) is 18.0. The highest BCUT2D eigenvalue weighted by molar-refractivity contribution is 5.43. The summed E-state index contributed by atoms with van der Waals surface area (Å²) in [6, 6.07) is 8.57. The molecule has 0 amide bonds. The number of nitriles is 1. The molecule has 1 aromatic heterocycles. The molecule has 3 heterocycles. The predicted octanol–water partition coefficient (Wildman–Crippen LogP) is 2.20. The van der Waals surface area contributed by atoms with Crippen LogP contribution in [0.5, 0.6) is 11.5 Å². The maximum Gasteiger partial charge on any atom is 0.158 e. The van der Waals surface area contributed by atoms with E-state index in [9.17, 15) is 0 Å². The summed E-state index contributed by atoms with van der Waals surface area (Å²) >= 11 is 0. The van der Waals surface area contributed by atoms with Gasteiger partial charge in [-0.25, -0.2) is 20.8 Å². The molecule has 0 spiro atoms. The number of benzene rings is 1. The van der Waals surface area contributed by atoms with Crippen molar-refractivity contribution in [2.45, 2.75) is 44.4 Å². The largest absolute Gasteiger partial charge is 0.496 e. The number of hydrogen-bond donors (Lipinski definition) is 3. The Hall–Kier alpha value is -2.93. The summed E-state index contributed by atoms with van der Waals surface area (Å²) in [6.07, 6.45) is 6.20. The van der Waals surface area contributed by atoms with E-state index in [0.717, 1.165) is 36.6 Å². The van der Waals surface area contributed by atoms with Crippen LogP contribution in [-0.4, -0.2) is 53.9 Å². The first kappa shape index (κ1) is 21.3. The number of nitrogens with one attached hydrogen (secondary N) is 3. The van der Waals surface area contributed by atoms with Crippen molar-refractivity contribution in [1.29, 1.82) is 5.26 Å². The van der Waals surface area contributed by atoms with Gasteiger partial charge in [-0.05, 0) is 32.0 Å². The van der Waals surface area contributed by atoms with Crippen molar-refractivity contribution in [3.8, 4) is 17.6 Å². The second kappa shape index (κ2) is 9.92. The number of anilines is 1. The number of rotatable bonds is 8. The van der Waals surface area contributed by atoms with Crippen LogP contribution in [0.4, 0.5) is 5.82 Å². The van der Waals surface area contributed by atoms with Crippen LogP contribution in [0.1, 0.15) is 43.5 Å². The molecule has 31 heavy (non-hydrogen) atoms. The molecule has 0 radical (unpaired) electrons. The SMILES string of the molecule is CCN1CCC[C@H]1COc1ccc(C2CC(Nc3cnc(C#N)cn3)NN2)c(OC)c1. The zero-order chi connectivity index (χ0) is 21.6. The summed E-state index contributed by atoms with van der Waals surface area (Å²) in [6.45, 7) is 5.14. The molecule has 0 bridgehead atoms. The Morgan fingerprint density at radius 3 is 2.94 bits per heavy atom. The first-order valence-electron chi connectivity index (χ1n) is 10.7. The highest BCUT2D eigenvalue weighted by Crippen LogP contribution is 2.33. The fourth-order valence-electron chi connectivity index (χ4n) is 4.26. The molecule has 4 rings (SSSR count). The topological polar surface area (TPSA) is 107 Å². The Bertz CT molecular complexity index is 915. The van der Waals surface area contributed by atoms with Crippen LogP contribution in [0.15, 0.2) is 30.6 Å². The van der Waals surface area contributed by atoms with Crippen LogP contribution < -0.4 is 25.6 Å². The summed E-state index contributed by atoms with van der Waals surface area (Å²) in [4.78, 5) is 10.7. The van der Waals surface area contributed by atoms with E-state index in [2.05, 4.69) is 44.0 Å². The molecule has 2 saturated heterocycles. The number of methoxy groups -OCH3 is 1. The minimum Gasteiger partial charge on any atom is -0.496 e. The van der Waals surface area contributed by atoms with E-state index in [1.165, 1.54) is 19.0 Å². The first-order chi connectivity index (χ1) is 15.2. The minimum absolute atomic E-state index is 0.0322. The molecule has 2 fully saturated rings. The highest BCUT2D eigenvalue weighted by Gasteiger charge is 2.28. The molecule has 2 unspecified atom stereocenters. The molecule has 164 valence electrons. The third-order valence-electron chi connectivity index (χ3n) is 5.92. The van der Waals surface area contributed by atoms with Gasteiger partial charge in [0.15, 0.2) is 5.69 Å². The average molecular weight is 424 g/mol. The van der Waals surface area contributed by atoms with Gasteiger partial charge < -0.3 is 14.8 Å². The third kappa shape index (κ3) is 5.05. The molecule has 2 aliphatic heterocycles. The number of aromatic nitrogens is 2. The molecule has 0 saturated carbocycles. The number of ether oxygens (including phenoxy) is 2. The van der Waals surface area contributed by atoms with Crippen molar-refractivity contribution in [3.63, 3.8) is 0 Å². The van der Waals surface area contributed by atoms with E-state index in [1.807, 2.05) is 18.2 Å². The van der Waals surface area contributed by atoms with Crippen molar-refractivity contribution in [2.24, 2.45) is 0 Å². The fourth-order valence-corrected chi connectivity index (χ4v) is 4.26. The van der Waals surface area contributed by atoms with Gasteiger partial charge in [0.2, 0.25) is 0 Å². The smallest absolute Gasteiger partial charge is 0.158 e. The monoisotopic (exact) mass is 423 g/mol. The second-order valence-corrected chi connectivity index (χ2v) is 7.81. The molecule has 9 heteroatoms. The molecular formula is C22H29N7O2. The van der Waals surface area contributed by atoms with Crippen LogP contribution in [0, 0.1) is 11.3 Å². The van der Waals surface area contributed by atoms with Crippen LogP contribution in [0.2, 0.25) is 0 Å². The van der Waals surface area contributed by atoms with Gasteiger partial charge in [-0.15, -0.1) is 0 Å². The van der Waals surface area contributed by atoms with E-state index in [1.54, 1.807) is 13.3 Å². The number of nitrogens with zero attached hydrogens (tertiary/aromatic N) is 4. The van der Waals surface area contributed by atoms with E-state index in [4.69, 9.17) is 14.7 Å². The van der Waals surface area contributed by atoms with Crippen molar-refractivity contribution >= 4 is 5.82 Å². The Kier molecular flexibility index (Phi) is 6.82. The summed E-state index contributed by atoms with van der Waals surface area (Å²) in [5.41, 5.74) is 7.90. The van der Waals surface area contributed by atoms with Gasteiger partial charge in [-0.1, -0.05) is 13.0 Å². The number of hydrogen-bond acceptors (Lipinski definition) is 9. The first-order valence-corrected chi connectivity index (χ1v) is 10.7. The van der Waals surface area contributed by atoms with Crippen molar-refractivity contribution < 1.29 is 9.47 Å². The van der Waals surface area contributed by atoms with E-state index < -0.39 is 0 Å². The lowest BCUT2D eigenvalue weighted by molar-refractivity contribution is 0.178. The van der Waals surface area contributed by atoms with Crippen molar-refractivity contribution in [2.75, 3.05) is 32.1 Å². The van der Waals surface area contributed by atoms with E-state index in [0.29, 0.717) is 24.2 Å². The number of likely N-dealkylation sites (N-methyl/N-ethyl adjacent to an activating group) is 1. The van der Waals surface area contributed by atoms with Crippen LogP contribution in [0.3, 0.4) is 0 Å². The molecule has 9 nitrogen and oxygen atoms in total. The van der Waals surface area contributed by atoms with E-state index >= 15 is 0 Å². The lowest BCUT2D eigenvalue weighted by Gasteiger charge is -2.23. The highest BCUT2D eigenvalue weighted by atomic mass is 16.5. The van der Waals surface area contributed by atoms with Crippen LogP contribution >= 0.6 is 0 Å². The molecule has 2 aliphatic rings. The fraction of sp³-hybridized carbons (Fsp3) is 0.500. The van der Waals surface area contributed by atoms with E-state index in [-0.39, 0.29) is 12.2 Å². The Balaban J connectivity index is 1.36. The van der Waals surface area contributed by atoms with Gasteiger partial charge in [0.05, 0.1) is 31.7 Å². The number of hydrazine groups is 1. The normalized spacial score (nSPS) is 23.5. The zero-order valence-electron chi connectivity index (χ0n) is 18.0. The average Bonchev–Trinajstić information content (AvgIpc) is 3.47. The van der Waals surface area contributed by atoms with Gasteiger partial charge in [-0.3, -0.25) is 4.90 Å². The summed E-state index contributed by atoms with van der Waals surface area (Å²) < 4.78 is 11.8. The van der Waals surface area contributed by atoms with Gasteiger partial charge in [0.25, 0.3) is 0 Å². The second-order valence-electron chi connectivity index (χ2n) is 7.81. The minimum atomic E-state index is -0.0322. The Morgan fingerprint density at radius 1 is 1.29 bits per heavy atom. The summed E-state index contributed by atoms with van der Waals surface area (Å²) in [5.74, 6) is 2.24. The Labute approximate surface area is 182 Å². The molecule has 0 aliphatic carbocycles. The van der Waals surface area contributed by atoms with Gasteiger partial charge >= 0.3 is 0 Å². The molecule has 1 aromatic carbocycles. The van der Waals surface area contributed by atoms with Crippen LogP contribution in [0.25, 0.3) is 0 Å². The molecule has 3 atom stereocenters. The standard InChI is InChI=1S/C22H29N7O2/c1-3-29-8-4-5-16(29)14-31-17-6-7-18(20(9-17)30-2)19-10-21(28-27-19)26-22-13-24-15(11-23)12-25-22/h6-7,9,12-13,16,19,21,27-28H,3-5,8,10,14H2,1-2H3,(H,25,26)/t16-,19?,21?/m0/s1. The van der Waals surface area contributed by atoms with Gasteiger partial charge in [0.1, 0.15) is 30.0 Å².